The van der Waals surface area contributed by atoms with Crippen LogP contribution in [0.2, 0.25) is 0 Å². The summed E-state index contributed by atoms with van der Waals surface area (Å²) in [6, 6.07) is 9.44. The van der Waals surface area contributed by atoms with Crippen LogP contribution in [-0.2, 0) is 4.79 Å². The molecule has 0 saturated carbocycles. The first-order valence-electron chi connectivity index (χ1n) is 7.69. The third-order valence-electron chi connectivity index (χ3n) is 4.10. The van der Waals surface area contributed by atoms with E-state index in [-0.39, 0.29) is 11.9 Å². The molecule has 2 atom stereocenters. The number of nitriles is 1. The van der Waals surface area contributed by atoms with Gasteiger partial charge >= 0.3 is 0 Å². The highest BCUT2D eigenvalue weighted by Gasteiger charge is 2.15. The van der Waals surface area contributed by atoms with Gasteiger partial charge in [0.15, 0.2) is 0 Å². The van der Waals surface area contributed by atoms with Crippen molar-refractivity contribution >= 4 is 5.91 Å². The standard InChI is InChI=1S/C17H23N3O/c1-13(16-7-4-14(11-18)5-8-16)20-17(21)9-6-15-3-2-10-19-12-15/h4-5,7-8,13,15,19H,2-3,6,9-10,12H2,1H3,(H,20,21). The van der Waals surface area contributed by atoms with Crippen molar-refractivity contribution in [2.24, 2.45) is 5.92 Å². The first-order valence-corrected chi connectivity index (χ1v) is 7.69. The Balaban J connectivity index is 1.76. The summed E-state index contributed by atoms with van der Waals surface area (Å²) >= 11 is 0. The number of nitrogens with zero attached hydrogens (tertiary/aromatic N) is 1. The van der Waals surface area contributed by atoms with Crippen molar-refractivity contribution in [3.63, 3.8) is 0 Å². The summed E-state index contributed by atoms with van der Waals surface area (Å²) in [7, 11) is 0. The van der Waals surface area contributed by atoms with Crippen molar-refractivity contribution in [1.82, 2.24) is 10.6 Å². The van der Waals surface area contributed by atoms with Crippen LogP contribution in [0.25, 0.3) is 0 Å². The van der Waals surface area contributed by atoms with Crippen molar-refractivity contribution in [3.8, 4) is 6.07 Å². The van der Waals surface area contributed by atoms with Crippen molar-refractivity contribution < 1.29 is 4.79 Å². The van der Waals surface area contributed by atoms with Crippen LogP contribution in [0.4, 0.5) is 0 Å². The average molecular weight is 285 g/mol. The van der Waals surface area contributed by atoms with E-state index in [0.29, 0.717) is 17.9 Å². The molecule has 0 aromatic heterocycles. The number of piperidine rings is 1. The van der Waals surface area contributed by atoms with Crippen LogP contribution < -0.4 is 10.6 Å². The van der Waals surface area contributed by atoms with Gasteiger partial charge in [0.1, 0.15) is 0 Å². The van der Waals surface area contributed by atoms with Gasteiger partial charge in [-0.2, -0.15) is 5.26 Å². The number of nitrogens with one attached hydrogen (secondary N) is 2. The quantitative estimate of drug-likeness (QED) is 0.873. The highest BCUT2D eigenvalue weighted by molar-refractivity contribution is 5.76. The van der Waals surface area contributed by atoms with Crippen LogP contribution in [-0.4, -0.2) is 19.0 Å². The van der Waals surface area contributed by atoms with E-state index in [4.69, 9.17) is 5.26 Å². The fourth-order valence-corrected chi connectivity index (χ4v) is 2.75. The second-order valence-electron chi connectivity index (χ2n) is 5.77. The van der Waals surface area contributed by atoms with Crippen LogP contribution in [0.5, 0.6) is 0 Å². The molecule has 112 valence electrons. The van der Waals surface area contributed by atoms with Crippen molar-refractivity contribution in [2.75, 3.05) is 13.1 Å². The zero-order valence-corrected chi connectivity index (χ0v) is 12.6. The SMILES string of the molecule is CC(NC(=O)CCC1CCCNC1)c1ccc(C#N)cc1. The lowest BCUT2D eigenvalue weighted by molar-refractivity contribution is -0.122. The average Bonchev–Trinajstić information content (AvgIpc) is 2.54. The van der Waals surface area contributed by atoms with Crippen LogP contribution >= 0.6 is 0 Å². The van der Waals surface area contributed by atoms with Gasteiger partial charge in [0.2, 0.25) is 5.91 Å². The van der Waals surface area contributed by atoms with Crippen LogP contribution in [0.15, 0.2) is 24.3 Å². The molecule has 2 N–H and O–H groups in total. The Hall–Kier alpha value is -1.86. The van der Waals surface area contributed by atoms with E-state index in [9.17, 15) is 4.79 Å². The second-order valence-corrected chi connectivity index (χ2v) is 5.77. The molecule has 0 radical (unpaired) electrons. The minimum Gasteiger partial charge on any atom is -0.350 e. The molecule has 1 fully saturated rings. The smallest absolute Gasteiger partial charge is 0.220 e. The molecule has 1 saturated heterocycles. The lowest BCUT2D eigenvalue weighted by Gasteiger charge is -2.22. The summed E-state index contributed by atoms with van der Waals surface area (Å²) in [6.07, 6.45) is 3.99. The lowest BCUT2D eigenvalue weighted by Crippen LogP contribution is -2.31. The fourth-order valence-electron chi connectivity index (χ4n) is 2.75. The van der Waals surface area contributed by atoms with Crippen LogP contribution in [0, 0.1) is 17.2 Å². The molecular formula is C17H23N3O. The Labute approximate surface area is 126 Å². The van der Waals surface area contributed by atoms with Crippen molar-refractivity contribution in [3.05, 3.63) is 35.4 Å². The van der Waals surface area contributed by atoms with E-state index in [1.807, 2.05) is 19.1 Å². The molecule has 0 bridgehead atoms. The number of amides is 1. The van der Waals surface area contributed by atoms with Gasteiger partial charge < -0.3 is 10.6 Å². The maximum absolute atomic E-state index is 12.0. The number of carbonyl (C=O) groups is 1. The number of benzene rings is 1. The van der Waals surface area contributed by atoms with E-state index in [0.717, 1.165) is 25.1 Å². The van der Waals surface area contributed by atoms with Gasteiger partial charge in [-0.05, 0) is 62.9 Å². The minimum atomic E-state index is -0.0188. The predicted octanol–water partition coefficient (Wildman–Crippen LogP) is 2.52. The monoisotopic (exact) mass is 285 g/mol. The maximum Gasteiger partial charge on any atom is 0.220 e. The zero-order valence-electron chi connectivity index (χ0n) is 12.6. The highest BCUT2D eigenvalue weighted by atomic mass is 16.1. The minimum absolute atomic E-state index is 0.0188. The molecule has 1 aromatic carbocycles. The predicted molar refractivity (Wildman–Crippen MR) is 82.5 cm³/mol. The molecule has 1 aliphatic rings. The Morgan fingerprint density at radius 3 is 2.86 bits per heavy atom. The number of hydrogen-bond acceptors (Lipinski definition) is 3. The summed E-state index contributed by atoms with van der Waals surface area (Å²) < 4.78 is 0. The first-order chi connectivity index (χ1) is 10.2. The number of carbonyl (C=O) groups excluding carboxylic acids is 1. The largest absolute Gasteiger partial charge is 0.350 e. The fraction of sp³-hybridized carbons (Fsp3) is 0.529. The molecule has 1 aliphatic heterocycles. The third kappa shape index (κ3) is 4.87. The summed E-state index contributed by atoms with van der Waals surface area (Å²) in [5.41, 5.74) is 1.67. The van der Waals surface area contributed by atoms with Gasteiger partial charge in [-0.1, -0.05) is 12.1 Å². The van der Waals surface area contributed by atoms with E-state index in [1.54, 1.807) is 12.1 Å². The molecule has 1 aromatic rings. The van der Waals surface area contributed by atoms with Gasteiger partial charge in [-0.15, -0.1) is 0 Å². The Morgan fingerprint density at radius 2 is 2.24 bits per heavy atom. The Bertz CT molecular complexity index is 498. The van der Waals surface area contributed by atoms with E-state index < -0.39 is 0 Å². The first kappa shape index (κ1) is 15.5. The molecule has 0 spiro atoms. The number of rotatable bonds is 5. The molecule has 0 aliphatic carbocycles. The van der Waals surface area contributed by atoms with E-state index >= 15 is 0 Å². The molecule has 1 amide bonds. The molecule has 4 heteroatoms. The lowest BCUT2D eigenvalue weighted by atomic mass is 9.94. The molecule has 2 rings (SSSR count). The van der Waals surface area contributed by atoms with Gasteiger partial charge in [0.05, 0.1) is 17.7 Å². The third-order valence-corrected chi connectivity index (χ3v) is 4.10. The number of hydrogen-bond donors (Lipinski definition) is 2. The molecule has 4 nitrogen and oxygen atoms in total. The van der Waals surface area contributed by atoms with Crippen LogP contribution in [0.1, 0.15) is 49.8 Å². The van der Waals surface area contributed by atoms with Gasteiger partial charge in [0, 0.05) is 6.42 Å². The second kappa shape index (κ2) is 7.80. The maximum atomic E-state index is 12.0. The van der Waals surface area contributed by atoms with Gasteiger partial charge in [-0.3, -0.25) is 4.79 Å². The summed E-state index contributed by atoms with van der Waals surface area (Å²) in [5, 5.41) is 15.2. The van der Waals surface area contributed by atoms with Crippen molar-refractivity contribution in [2.45, 2.75) is 38.6 Å². The molecule has 21 heavy (non-hydrogen) atoms. The van der Waals surface area contributed by atoms with E-state index in [1.165, 1.54) is 12.8 Å². The summed E-state index contributed by atoms with van der Waals surface area (Å²) in [5.74, 6) is 0.743. The normalized spacial score (nSPS) is 19.5. The molecule has 2 unspecified atom stereocenters. The van der Waals surface area contributed by atoms with Gasteiger partial charge in [-0.25, -0.2) is 0 Å². The molecular weight excluding hydrogens is 262 g/mol. The Kier molecular flexibility index (Phi) is 5.77. The highest BCUT2D eigenvalue weighted by Crippen LogP contribution is 2.17. The topological polar surface area (TPSA) is 64.9 Å². The summed E-state index contributed by atoms with van der Waals surface area (Å²) in [6.45, 7) is 4.12. The van der Waals surface area contributed by atoms with Crippen LogP contribution in [0.3, 0.4) is 0 Å². The summed E-state index contributed by atoms with van der Waals surface area (Å²) in [4.78, 5) is 12.0. The van der Waals surface area contributed by atoms with E-state index in [2.05, 4.69) is 16.7 Å². The molecule has 1 heterocycles. The van der Waals surface area contributed by atoms with Crippen molar-refractivity contribution in [1.29, 1.82) is 5.26 Å². The van der Waals surface area contributed by atoms with Gasteiger partial charge in [0.25, 0.3) is 0 Å². The zero-order chi connectivity index (χ0) is 15.1. The Morgan fingerprint density at radius 1 is 1.48 bits per heavy atom.